The highest BCUT2D eigenvalue weighted by Crippen LogP contribution is 2.15. The summed E-state index contributed by atoms with van der Waals surface area (Å²) in [4.78, 5) is 11.5. The summed E-state index contributed by atoms with van der Waals surface area (Å²) in [7, 11) is 1.72. The number of aromatic nitrogens is 1. The number of hydrogen-bond donors (Lipinski definition) is 2. The van der Waals surface area contributed by atoms with Crippen molar-refractivity contribution in [2.75, 3.05) is 51.4 Å². The van der Waals surface area contributed by atoms with Crippen LogP contribution in [0.1, 0.15) is 25.8 Å². The maximum atomic E-state index is 5.58. The van der Waals surface area contributed by atoms with Crippen molar-refractivity contribution >= 4 is 11.8 Å². The van der Waals surface area contributed by atoms with E-state index in [1.165, 1.54) is 0 Å². The average molecular weight is 349 g/mol. The molecule has 0 spiro atoms. The first-order valence-electron chi connectivity index (χ1n) is 9.05. The van der Waals surface area contributed by atoms with E-state index in [4.69, 9.17) is 9.47 Å². The number of anilines is 1. The van der Waals surface area contributed by atoms with E-state index in [1.807, 2.05) is 6.20 Å². The fourth-order valence-electron chi connectivity index (χ4n) is 2.66. The molecule has 140 valence electrons. The molecule has 1 unspecified atom stereocenters. The van der Waals surface area contributed by atoms with Gasteiger partial charge in [0.25, 0.3) is 0 Å². The minimum absolute atomic E-state index is 0.256. The van der Waals surface area contributed by atoms with Crippen LogP contribution in [0.5, 0.6) is 0 Å². The number of aliphatic imine (C=N–C) groups is 1. The van der Waals surface area contributed by atoms with Gasteiger partial charge in [0.2, 0.25) is 0 Å². The smallest absolute Gasteiger partial charge is 0.191 e. The van der Waals surface area contributed by atoms with E-state index in [1.54, 1.807) is 7.11 Å². The lowest BCUT2D eigenvalue weighted by atomic mass is 10.2. The number of nitrogens with one attached hydrogen (secondary N) is 2. The zero-order chi connectivity index (χ0) is 17.9. The van der Waals surface area contributed by atoms with Crippen molar-refractivity contribution in [2.45, 2.75) is 32.9 Å². The van der Waals surface area contributed by atoms with Gasteiger partial charge >= 0.3 is 0 Å². The molecule has 1 saturated heterocycles. The second kappa shape index (κ2) is 10.9. The number of rotatable bonds is 8. The van der Waals surface area contributed by atoms with Crippen LogP contribution >= 0.6 is 0 Å². The Morgan fingerprint density at radius 3 is 3.00 bits per heavy atom. The largest absolute Gasteiger partial charge is 0.385 e. The van der Waals surface area contributed by atoms with Crippen molar-refractivity contribution < 1.29 is 9.47 Å². The molecule has 1 aromatic rings. The molecule has 1 aliphatic rings. The van der Waals surface area contributed by atoms with Crippen molar-refractivity contribution in [1.82, 2.24) is 15.6 Å². The molecule has 0 aliphatic carbocycles. The van der Waals surface area contributed by atoms with E-state index in [2.05, 4.69) is 51.5 Å². The van der Waals surface area contributed by atoms with Gasteiger partial charge in [0, 0.05) is 46.1 Å². The standard InChI is InChI=1S/C18H31N5O2/c1-4-19-18(20-8-5-10-24-3)22-13-16-6-7-17(21-12-16)23-9-11-25-15(2)14-23/h6-7,12,15H,4-5,8-11,13-14H2,1-3H3,(H2,19,20,22). The second-order valence-corrected chi connectivity index (χ2v) is 6.12. The molecule has 25 heavy (non-hydrogen) atoms. The molecule has 2 rings (SSSR count). The molecule has 1 atom stereocenters. The first kappa shape index (κ1) is 19.5. The quantitative estimate of drug-likeness (QED) is 0.420. The van der Waals surface area contributed by atoms with Gasteiger partial charge in [-0.05, 0) is 31.9 Å². The maximum absolute atomic E-state index is 5.58. The lowest BCUT2D eigenvalue weighted by Crippen LogP contribution is -2.41. The SMILES string of the molecule is CCNC(=NCc1ccc(N2CCOC(C)C2)nc1)NCCCOC. The molecule has 0 bridgehead atoms. The Kier molecular flexibility index (Phi) is 8.48. The van der Waals surface area contributed by atoms with Gasteiger partial charge < -0.3 is 25.0 Å². The lowest BCUT2D eigenvalue weighted by Gasteiger charge is -2.32. The molecular formula is C18H31N5O2. The second-order valence-electron chi connectivity index (χ2n) is 6.12. The Morgan fingerprint density at radius 2 is 2.32 bits per heavy atom. The van der Waals surface area contributed by atoms with Gasteiger partial charge in [-0.15, -0.1) is 0 Å². The first-order valence-corrected chi connectivity index (χ1v) is 9.05. The number of guanidine groups is 1. The summed E-state index contributed by atoms with van der Waals surface area (Å²) in [6, 6.07) is 4.17. The molecule has 0 radical (unpaired) electrons. The molecule has 1 aromatic heterocycles. The highest BCUT2D eigenvalue weighted by molar-refractivity contribution is 5.79. The minimum atomic E-state index is 0.256. The molecule has 2 N–H and O–H groups in total. The third kappa shape index (κ3) is 6.88. The van der Waals surface area contributed by atoms with Gasteiger partial charge in [0.05, 0.1) is 19.3 Å². The normalized spacial score (nSPS) is 18.3. The summed E-state index contributed by atoms with van der Waals surface area (Å²) in [5, 5.41) is 6.56. The minimum Gasteiger partial charge on any atom is -0.385 e. The van der Waals surface area contributed by atoms with Crippen molar-refractivity contribution in [2.24, 2.45) is 4.99 Å². The Balaban J connectivity index is 1.87. The summed E-state index contributed by atoms with van der Waals surface area (Å²) in [5.74, 6) is 1.83. The van der Waals surface area contributed by atoms with E-state index >= 15 is 0 Å². The van der Waals surface area contributed by atoms with Crippen molar-refractivity contribution in [3.8, 4) is 0 Å². The maximum Gasteiger partial charge on any atom is 0.191 e. The molecule has 0 amide bonds. The number of ether oxygens (including phenoxy) is 2. The van der Waals surface area contributed by atoms with Crippen molar-refractivity contribution in [1.29, 1.82) is 0 Å². The molecule has 7 heteroatoms. The average Bonchev–Trinajstić information content (AvgIpc) is 2.63. The fraction of sp³-hybridized carbons (Fsp3) is 0.667. The van der Waals surface area contributed by atoms with Gasteiger partial charge in [0.1, 0.15) is 5.82 Å². The monoisotopic (exact) mass is 349 g/mol. The Labute approximate surface area is 150 Å². The number of morpholine rings is 1. The third-order valence-electron chi connectivity index (χ3n) is 3.96. The van der Waals surface area contributed by atoms with E-state index in [0.29, 0.717) is 6.54 Å². The van der Waals surface area contributed by atoms with Crippen molar-refractivity contribution in [3.05, 3.63) is 23.9 Å². The van der Waals surface area contributed by atoms with Crippen molar-refractivity contribution in [3.63, 3.8) is 0 Å². The number of hydrogen-bond acceptors (Lipinski definition) is 5. The Bertz CT molecular complexity index is 521. The van der Waals surface area contributed by atoms with Gasteiger partial charge in [-0.2, -0.15) is 0 Å². The van der Waals surface area contributed by atoms with E-state index in [9.17, 15) is 0 Å². The summed E-state index contributed by atoms with van der Waals surface area (Å²) in [6.45, 7) is 9.73. The van der Waals surface area contributed by atoms with E-state index in [0.717, 1.165) is 63.2 Å². The molecule has 7 nitrogen and oxygen atoms in total. The summed E-state index contributed by atoms with van der Waals surface area (Å²) in [5.41, 5.74) is 1.10. The predicted octanol–water partition coefficient (Wildman–Crippen LogP) is 1.40. The molecule has 2 heterocycles. The van der Waals surface area contributed by atoms with Crippen LogP contribution in [0.2, 0.25) is 0 Å². The van der Waals surface area contributed by atoms with Crippen LogP contribution in [-0.4, -0.2) is 63.6 Å². The topological polar surface area (TPSA) is 71.0 Å². The molecule has 1 fully saturated rings. The summed E-state index contributed by atoms with van der Waals surface area (Å²) in [6.07, 6.45) is 3.12. The van der Waals surface area contributed by atoms with Gasteiger partial charge in [-0.25, -0.2) is 9.98 Å². The highest BCUT2D eigenvalue weighted by atomic mass is 16.5. The fourth-order valence-corrected chi connectivity index (χ4v) is 2.66. The highest BCUT2D eigenvalue weighted by Gasteiger charge is 2.17. The van der Waals surface area contributed by atoms with Crippen LogP contribution in [-0.2, 0) is 16.0 Å². The predicted molar refractivity (Wildman–Crippen MR) is 101 cm³/mol. The number of nitrogens with zero attached hydrogens (tertiary/aromatic N) is 3. The van der Waals surface area contributed by atoms with Gasteiger partial charge in [-0.3, -0.25) is 0 Å². The molecular weight excluding hydrogens is 318 g/mol. The molecule has 0 aromatic carbocycles. The first-order chi connectivity index (χ1) is 12.2. The zero-order valence-corrected chi connectivity index (χ0v) is 15.6. The van der Waals surface area contributed by atoms with Gasteiger partial charge in [-0.1, -0.05) is 6.07 Å². The molecule has 0 saturated carbocycles. The Morgan fingerprint density at radius 1 is 1.44 bits per heavy atom. The zero-order valence-electron chi connectivity index (χ0n) is 15.6. The van der Waals surface area contributed by atoms with Crippen LogP contribution in [0.4, 0.5) is 5.82 Å². The van der Waals surface area contributed by atoms with Crippen LogP contribution < -0.4 is 15.5 Å². The van der Waals surface area contributed by atoms with Crippen LogP contribution in [0.15, 0.2) is 23.3 Å². The Hall–Kier alpha value is -1.86. The number of pyridine rings is 1. The van der Waals surface area contributed by atoms with Crippen LogP contribution in [0.3, 0.4) is 0 Å². The summed E-state index contributed by atoms with van der Waals surface area (Å²) >= 11 is 0. The van der Waals surface area contributed by atoms with Gasteiger partial charge in [0.15, 0.2) is 5.96 Å². The van der Waals surface area contributed by atoms with E-state index < -0.39 is 0 Å². The number of methoxy groups -OCH3 is 1. The van der Waals surface area contributed by atoms with E-state index in [-0.39, 0.29) is 6.10 Å². The molecule has 1 aliphatic heterocycles. The van der Waals surface area contributed by atoms with Crippen LogP contribution in [0, 0.1) is 0 Å². The summed E-state index contributed by atoms with van der Waals surface area (Å²) < 4.78 is 10.6. The third-order valence-corrected chi connectivity index (χ3v) is 3.96. The van der Waals surface area contributed by atoms with Crippen LogP contribution in [0.25, 0.3) is 0 Å². The lowest BCUT2D eigenvalue weighted by molar-refractivity contribution is 0.0529.